The quantitative estimate of drug-likeness (QED) is 0.705. The highest BCUT2D eigenvalue weighted by atomic mass is 16.5. The number of carbonyl (C=O) groups excluding carboxylic acids is 1. The van der Waals surface area contributed by atoms with Gasteiger partial charge in [-0.3, -0.25) is 9.69 Å². The van der Waals surface area contributed by atoms with Crippen molar-refractivity contribution in [2.75, 3.05) is 40.0 Å². The fourth-order valence-electron chi connectivity index (χ4n) is 3.82. The molecule has 0 radical (unpaired) electrons. The Kier molecular flexibility index (Phi) is 8.08. The largest absolute Gasteiger partial charge is 0.497 e. The van der Waals surface area contributed by atoms with Crippen LogP contribution < -0.4 is 10.1 Å². The third-order valence-electron chi connectivity index (χ3n) is 5.57. The summed E-state index contributed by atoms with van der Waals surface area (Å²) >= 11 is 0. The molecule has 0 bridgehead atoms. The molecule has 1 aliphatic heterocycles. The van der Waals surface area contributed by atoms with Gasteiger partial charge in [0.15, 0.2) is 0 Å². The minimum Gasteiger partial charge on any atom is -0.497 e. The molecule has 1 heterocycles. The van der Waals surface area contributed by atoms with Crippen molar-refractivity contribution in [2.24, 2.45) is 0 Å². The Hall–Kier alpha value is -2.37. The number of morpholine rings is 1. The van der Waals surface area contributed by atoms with Crippen LogP contribution in [-0.4, -0.2) is 50.8 Å². The molecule has 1 atom stereocenters. The Morgan fingerprint density at radius 2 is 1.97 bits per heavy atom. The Balaban J connectivity index is 1.56. The summed E-state index contributed by atoms with van der Waals surface area (Å²) in [6.45, 7) is 5.90. The number of methoxy groups -OCH3 is 1. The van der Waals surface area contributed by atoms with Gasteiger partial charge in [-0.05, 0) is 48.6 Å². The highest BCUT2D eigenvalue weighted by Gasteiger charge is 2.23. The molecular weight excluding hydrogens is 364 g/mol. The molecule has 0 saturated carbocycles. The van der Waals surface area contributed by atoms with Crippen molar-refractivity contribution in [3.8, 4) is 5.75 Å². The Labute approximate surface area is 174 Å². The molecule has 3 rings (SSSR count). The second-order valence-corrected chi connectivity index (χ2v) is 7.52. The number of rotatable bonds is 9. The molecule has 156 valence electrons. The number of aryl methyl sites for hydroxylation is 2. The van der Waals surface area contributed by atoms with Gasteiger partial charge in [-0.25, -0.2) is 0 Å². The van der Waals surface area contributed by atoms with Gasteiger partial charge in [0.1, 0.15) is 5.75 Å². The predicted molar refractivity (Wildman–Crippen MR) is 115 cm³/mol. The standard InChI is InChI=1S/C24H32N2O3/c1-19-7-3-4-8-20(19)9-6-12-24(27)25-18-23(26-13-15-29-16-14-26)21-10-5-11-22(17-21)28-2/h3-5,7-8,10-11,17,23H,6,9,12-16,18H2,1-2H3,(H,25,27). The second kappa shape index (κ2) is 11.0. The number of amides is 1. The molecule has 1 unspecified atom stereocenters. The minimum atomic E-state index is 0.111. The summed E-state index contributed by atoms with van der Waals surface area (Å²) in [7, 11) is 1.68. The number of benzene rings is 2. The van der Waals surface area contributed by atoms with Gasteiger partial charge in [0.05, 0.1) is 26.4 Å². The molecule has 2 aromatic rings. The number of nitrogens with zero attached hydrogens (tertiary/aromatic N) is 1. The molecule has 1 saturated heterocycles. The van der Waals surface area contributed by atoms with E-state index in [4.69, 9.17) is 9.47 Å². The van der Waals surface area contributed by atoms with E-state index in [2.05, 4.69) is 53.5 Å². The van der Waals surface area contributed by atoms with Crippen molar-refractivity contribution < 1.29 is 14.3 Å². The first kappa shape index (κ1) is 21.3. The predicted octanol–water partition coefficient (Wildman–Crippen LogP) is 3.52. The summed E-state index contributed by atoms with van der Waals surface area (Å²) < 4.78 is 10.9. The van der Waals surface area contributed by atoms with Crippen LogP contribution in [0.2, 0.25) is 0 Å². The second-order valence-electron chi connectivity index (χ2n) is 7.52. The molecule has 5 heteroatoms. The SMILES string of the molecule is COc1cccc(C(CNC(=O)CCCc2ccccc2C)N2CCOCC2)c1. The fraction of sp³-hybridized carbons (Fsp3) is 0.458. The maximum absolute atomic E-state index is 12.5. The molecule has 1 aliphatic rings. The molecule has 0 aromatic heterocycles. The van der Waals surface area contributed by atoms with Crippen LogP contribution in [0, 0.1) is 6.92 Å². The lowest BCUT2D eigenvalue weighted by Gasteiger charge is -2.35. The van der Waals surface area contributed by atoms with Crippen LogP contribution in [0.4, 0.5) is 0 Å². The number of hydrogen-bond donors (Lipinski definition) is 1. The third-order valence-corrected chi connectivity index (χ3v) is 5.57. The van der Waals surface area contributed by atoms with E-state index < -0.39 is 0 Å². The van der Waals surface area contributed by atoms with Crippen LogP contribution in [0.3, 0.4) is 0 Å². The first-order valence-corrected chi connectivity index (χ1v) is 10.4. The van der Waals surface area contributed by atoms with E-state index in [0.29, 0.717) is 13.0 Å². The van der Waals surface area contributed by atoms with Gasteiger partial charge in [0, 0.05) is 26.1 Å². The van der Waals surface area contributed by atoms with Crippen molar-refractivity contribution in [1.29, 1.82) is 0 Å². The van der Waals surface area contributed by atoms with Crippen LogP contribution in [0.1, 0.15) is 35.6 Å². The van der Waals surface area contributed by atoms with Crippen molar-refractivity contribution >= 4 is 5.91 Å². The summed E-state index contributed by atoms with van der Waals surface area (Å²) in [4.78, 5) is 14.9. The highest BCUT2D eigenvalue weighted by molar-refractivity contribution is 5.75. The first-order chi connectivity index (χ1) is 14.2. The van der Waals surface area contributed by atoms with E-state index in [9.17, 15) is 4.79 Å². The average molecular weight is 397 g/mol. The van der Waals surface area contributed by atoms with Gasteiger partial charge in [-0.15, -0.1) is 0 Å². The topological polar surface area (TPSA) is 50.8 Å². The van der Waals surface area contributed by atoms with E-state index in [1.807, 2.05) is 12.1 Å². The number of nitrogens with one attached hydrogen (secondary N) is 1. The molecule has 0 spiro atoms. The summed E-state index contributed by atoms with van der Waals surface area (Å²) in [5, 5.41) is 3.15. The zero-order valence-electron chi connectivity index (χ0n) is 17.5. The zero-order chi connectivity index (χ0) is 20.5. The smallest absolute Gasteiger partial charge is 0.220 e. The molecule has 5 nitrogen and oxygen atoms in total. The van der Waals surface area contributed by atoms with Crippen LogP contribution in [0.15, 0.2) is 48.5 Å². The lowest BCUT2D eigenvalue weighted by atomic mass is 10.0. The van der Waals surface area contributed by atoms with Crippen molar-refractivity contribution in [1.82, 2.24) is 10.2 Å². The number of ether oxygens (including phenoxy) is 2. The molecule has 0 aliphatic carbocycles. The monoisotopic (exact) mass is 396 g/mol. The van der Waals surface area contributed by atoms with Crippen LogP contribution in [-0.2, 0) is 16.0 Å². The van der Waals surface area contributed by atoms with Gasteiger partial charge in [0.2, 0.25) is 5.91 Å². The van der Waals surface area contributed by atoms with Gasteiger partial charge >= 0.3 is 0 Å². The first-order valence-electron chi connectivity index (χ1n) is 10.4. The molecule has 1 amide bonds. The Morgan fingerprint density at radius 3 is 2.72 bits per heavy atom. The molecular formula is C24H32N2O3. The van der Waals surface area contributed by atoms with Gasteiger partial charge in [-0.2, -0.15) is 0 Å². The van der Waals surface area contributed by atoms with Crippen LogP contribution in [0.25, 0.3) is 0 Å². The normalized spacial score (nSPS) is 15.7. The summed E-state index contributed by atoms with van der Waals surface area (Å²) in [6, 6.07) is 16.6. The maximum atomic E-state index is 12.5. The maximum Gasteiger partial charge on any atom is 0.220 e. The Morgan fingerprint density at radius 1 is 1.17 bits per heavy atom. The zero-order valence-corrected chi connectivity index (χ0v) is 17.5. The van der Waals surface area contributed by atoms with E-state index in [0.717, 1.165) is 50.5 Å². The van der Waals surface area contributed by atoms with E-state index in [1.54, 1.807) is 7.11 Å². The lowest BCUT2D eigenvalue weighted by molar-refractivity contribution is -0.121. The van der Waals surface area contributed by atoms with E-state index in [-0.39, 0.29) is 11.9 Å². The summed E-state index contributed by atoms with van der Waals surface area (Å²) in [5.74, 6) is 0.949. The minimum absolute atomic E-state index is 0.111. The van der Waals surface area contributed by atoms with Gasteiger partial charge in [0.25, 0.3) is 0 Å². The van der Waals surface area contributed by atoms with Gasteiger partial charge < -0.3 is 14.8 Å². The van der Waals surface area contributed by atoms with Crippen molar-refractivity contribution in [2.45, 2.75) is 32.2 Å². The lowest BCUT2D eigenvalue weighted by Crippen LogP contribution is -2.43. The molecule has 1 fully saturated rings. The summed E-state index contributed by atoms with van der Waals surface area (Å²) in [5.41, 5.74) is 3.77. The fourth-order valence-corrected chi connectivity index (χ4v) is 3.82. The Bertz CT molecular complexity index is 787. The van der Waals surface area contributed by atoms with Crippen LogP contribution in [0.5, 0.6) is 5.75 Å². The van der Waals surface area contributed by atoms with E-state index in [1.165, 1.54) is 11.1 Å². The van der Waals surface area contributed by atoms with E-state index >= 15 is 0 Å². The van der Waals surface area contributed by atoms with Crippen molar-refractivity contribution in [3.63, 3.8) is 0 Å². The number of carbonyl (C=O) groups is 1. The molecule has 2 aromatic carbocycles. The van der Waals surface area contributed by atoms with Crippen molar-refractivity contribution in [3.05, 3.63) is 65.2 Å². The average Bonchev–Trinajstić information content (AvgIpc) is 2.76. The molecule has 29 heavy (non-hydrogen) atoms. The number of hydrogen-bond acceptors (Lipinski definition) is 4. The van der Waals surface area contributed by atoms with Crippen LogP contribution >= 0.6 is 0 Å². The third kappa shape index (κ3) is 6.31. The highest BCUT2D eigenvalue weighted by Crippen LogP contribution is 2.25. The molecule has 1 N–H and O–H groups in total. The summed E-state index contributed by atoms with van der Waals surface area (Å²) in [6.07, 6.45) is 2.34. The van der Waals surface area contributed by atoms with Gasteiger partial charge in [-0.1, -0.05) is 36.4 Å².